The van der Waals surface area contributed by atoms with E-state index in [-0.39, 0.29) is 5.97 Å². The Bertz CT molecular complexity index is 889. The number of hydrogen-bond acceptors (Lipinski definition) is 4. The van der Waals surface area contributed by atoms with Gasteiger partial charge in [0, 0.05) is 19.8 Å². The molecule has 1 fully saturated rings. The lowest BCUT2D eigenvalue weighted by Crippen LogP contribution is -2.06. The number of methoxy groups -OCH3 is 1. The molecule has 6 heteroatoms. The van der Waals surface area contributed by atoms with E-state index in [1.54, 1.807) is 6.07 Å². The molecule has 0 aliphatic heterocycles. The Labute approximate surface area is 133 Å². The summed E-state index contributed by atoms with van der Waals surface area (Å²) in [5, 5.41) is 4.43. The number of nitrogens with zero attached hydrogens (tertiary/aromatic N) is 4. The van der Waals surface area contributed by atoms with E-state index in [0.29, 0.717) is 5.56 Å². The number of imidazole rings is 1. The number of carbonyl (C=O) groups excluding carboxylic acids is 1. The van der Waals surface area contributed by atoms with Gasteiger partial charge < -0.3 is 9.30 Å². The van der Waals surface area contributed by atoms with E-state index in [2.05, 4.69) is 5.10 Å². The Morgan fingerprint density at radius 1 is 1.35 bits per heavy atom. The van der Waals surface area contributed by atoms with E-state index in [1.165, 1.54) is 20.0 Å². The van der Waals surface area contributed by atoms with E-state index in [9.17, 15) is 4.79 Å². The first-order chi connectivity index (χ1) is 11.2. The highest BCUT2D eigenvalue weighted by Gasteiger charge is 2.24. The second kappa shape index (κ2) is 5.22. The molecule has 1 saturated carbocycles. The van der Waals surface area contributed by atoms with Crippen LogP contribution in [0.15, 0.2) is 30.5 Å². The number of benzene rings is 1. The van der Waals surface area contributed by atoms with Gasteiger partial charge in [-0.1, -0.05) is 0 Å². The van der Waals surface area contributed by atoms with E-state index < -0.39 is 0 Å². The third kappa shape index (κ3) is 2.40. The molecule has 0 unspecified atom stereocenters. The zero-order chi connectivity index (χ0) is 16.0. The van der Waals surface area contributed by atoms with Crippen molar-refractivity contribution in [2.24, 2.45) is 13.0 Å². The van der Waals surface area contributed by atoms with Gasteiger partial charge >= 0.3 is 5.97 Å². The zero-order valence-electron chi connectivity index (χ0n) is 13.2. The molecule has 0 atom stereocenters. The van der Waals surface area contributed by atoms with Crippen molar-refractivity contribution in [2.75, 3.05) is 7.11 Å². The molecule has 3 aromatic rings. The van der Waals surface area contributed by atoms with E-state index in [0.717, 1.165) is 35.0 Å². The minimum Gasteiger partial charge on any atom is -0.465 e. The fourth-order valence-corrected chi connectivity index (χ4v) is 2.88. The molecule has 4 rings (SSSR count). The van der Waals surface area contributed by atoms with E-state index in [4.69, 9.17) is 9.72 Å². The van der Waals surface area contributed by atoms with Crippen LogP contribution in [-0.4, -0.2) is 32.4 Å². The molecule has 2 aromatic heterocycles. The van der Waals surface area contributed by atoms with Crippen LogP contribution >= 0.6 is 0 Å². The maximum Gasteiger partial charge on any atom is 0.337 e. The monoisotopic (exact) mass is 310 g/mol. The molecule has 6 nitrogen and oxygen atoms in total. The summed E-state index contributed by atoms with van der Waals surface area (Å²) in [6.45, 7) is 0.943. The van der Waals surface area contributed by atoms with Gasteiger partial charge in [-0.15, -0.1) is 0 Å². The highest BCUT2D eigenvalue weighted by atomic mass is 16.5. The predicted octanol–water partition coefficient (Wildman–Crippen LogP) is 2.63. The van der Waals surface area contributed by atoms with E-state index in [1.807, 2.05) is 40.7 Å². The van der Waals surface area contributed by atoms with Gasteiger partial charge in [0.1, 0.15) is 5.69 Å². The summed E-state index contributed by atoms with van der Waals surface area (Å²) in [5.41, 5.74) is 3.30. The van der Waals surface area contributed by atoms with Crippen molar-refractivity contribution in [1.82, 2.24) is 19.3 Å². The second-order valence-corrected chi connectivity index (χ2v) is 6.03. The number of esters is 1. The van der Waals surface area contributed by atoms with E-state index >= 15 is 0 Å². The molecule has 0 radical (unpaired) electrons. The normalized spacial score (nSPS) is 14.3. The van der Waals surface area contributed by atoms with Gasteiger partial charge in [-0.25, -0.2) is 9.78 Å². The average Bonchev–Trinajstić information content (AvgIpc) is 3.17. The number of fused-ring (bicyclic) bond motifs is 1. The van der Waals surface area contributed by atoms with Crippen LogP contribution in [-0.2, 0) is 18.3 Å². The van der Waals surface area contributed by atoms with Crippen LogP contribution in [0.2, 0.25) is 0 Å². The molecule has 0 saturated heterocycles. The first kappa shape index (κ1) is 14.0. The number of ether oxygens (including phenoxy) is 1. The van der Waals surface area contributed by atoms with Crippen molar-refractivity contribution < 1.29 is 9.53 Å². The van der Waals surface area contributed by atoms with Crippen molar-refractivity contribution in [3.63, 3.8) is 0 Å². The number of aromatic nitrogens is 4. The van der Waals surface area contributed by atoms with Gasteiger partial charge in [0.05, 0.1) is 23.7 Å². The maximum absolute atomic E-state index is 11.7. The number of rotatable bonds is 4. The molecule has 1 aliphatic carbocycles. The molecule has 0 N–H and O–H groups in total. The van der Waals surface area contributed by atoms with Gasteiger partial charge in [-0.05, 0) is 43.0 Å². The molecule has 0 bridgehead atoms. The van der Waals surface area contributed by atoms with Gasteiger partial charge in [-0.2, -0.15) is 5.10 Å². The summed E-state index contributed by atoms with van der Waals surface area (Å²) < 4.78 is 8.82. The lowest BCUT2D eigenvalue weighted by atomic mass is 10.2. The summed E-state index contributed by atoms with van der Waals surface area (Å²) in [6.07, 6.45) is 4.38. The molecule has 1 aliphatic rings. The molecule has 0 spiro atoms. The summed E-state index contributed by atoms with van der Waals surface area (Å²) >= 11 is 0. The molecular weight excluding hydrogens is 292 g/mol. The van der Waals surface area contributed by atoms with Crippen LogP contribution in [0.3, 0.4) is 0 Å². The third-order valence-corrected chi connectivity index (χ3v) is 4.38. The Morgan fingerprint density at radius 2 is 2.17 bits per heavy atom. The number of carbonyl (C=O) groups is 1. The first-order valence-corrected chi connectivity index (χ1v) is 7.74. The molecule has 23 heavy (non-hydrogen) atoms. The standard InChI is InChI=1S/C17H18N4O2/c1-20-15-9-12(17(22)23-2)5-6-13(15)19-16(20)14-7-8-18-21(14)10-11-3-4-11/h5-9,11H,3-4,10H2,1-2H3. The van der Waals surface area contributed by atoms with Gasteiger partial charge in [-0.3, -0.25) is 4.68 Å². The largest absolute Gasteiger partial charge is 0.465 e. The minimum absolute atomic E-state index is 0.339. The lowest BCUT2D eigenvalue weighted by molar-refractivity contribution is 0.0601. The number of aryl methyl sites for hydroxylation is 1. The first-order valence-electron chi connectivity index (χ1n) is 7.74. The fraction of sp³-hybridized carbons (Fsp3) is 0.353. The smallest absolute Gasteiger partial charge is 0.337 e. The lowest BCUT2D eigenvalue weighted by Gasteiger charge is -2.07. The zero-order valence-corrected chi connectivity index (χ0v) is 13.2. The summed E-state index contributed by atoms with van der Waals surface area (Å²) in [6, 6.07) is 7.41. The fourth-order valence-electron chi connectivity index (χ4n) is 2.88. The van der Waals surface area contributed by atoms with Crippen LogP contribution in [0.5, 0.6) is 0 Å². The molecule has 118 valence electrons. The Morgan fingerprint density at radius 3 is 2.91 bits per heavy atom. The van der Waals surface area contributed by atoms with Gasteiger partial charge in [0.25, 0.3) is 0 Å². The molecular formula is C17H18N4O2. The maximum atomic E-state index is 11.7. The summed E-state index contributed by atoms with van der Waals surface area (Å²) in [5.74, 6) is 1.27. The van der Waals surface area contributed by atoms with Crippen LogP contribution in [0, 0.1) is 5.92 Å². The van der Waals surface area contributed by atoms with Gasteiger partial charge in [0.15, 0.2) is 5.82 Å². The average molecular weight is 310 g/mol. The molecule has 1 aromatic carbocycles. The van der Waals surface area contributed by atoms with Crippen molar-refractivity contribution >= 4 is 17.0 Å². The summed E-state index contributed by atoms with van der Waals surface area (Å²) in [7, 11) is 3.35. The predicted molar refractivity (Wildman–Crippen MR) is 86.0 cm³/mol. The van der Waals surface area contributed by atoms with Crippen molar-refractivity contribution in [3.05, 3.63) is 36.0 Å². The molecule has 0 amide bonds. The Balaban J connectivity index is 1.80. The summed E-state index contributed by atoms with van der Waals surface area (Å²) in [4.78, 5) is 16.4. The molecule has 2 heterocycles. The van der Waals surface area contributed by atoms with Crippen LogP contribution in [0.25, 0.3) is 22.6 Å². The highest BCUT2D eigenvalue weighted by molar-refractivity contribution is 5.94. The van der Waals surface area contributed by atoms with Crippen LogP contribution in [0.1, 0.15) is 23.2 Å². The van der Waals surface area contributed by atoms with Gasteiger partial charge in [0.2, 0.25) is 0 Å². The van der Waals surface area contributed by atoms with Crippen molar-refractivity contribution in [3.8, 4) is 11.5 Å². The SMILES string of the molecule is COC(=O)c1ccc2nc(-c3ccnn3CC3CC3)n(C)c2c1. The van der Waals surface area contributed by atoms with Crippen LogP contribution < -0.4 is 0 Å². The van der Waals surface area contributed by atoms with Crippen molar-refractivity contribution in [1.29, 1.82) is 0 Å². The number of hydrogen-bond donors (Lipinski definition) is 0. The quantitative estimate of drug-likeness (QED) is 0.695. The third-order valence-electron chi connectivity index (χ3n) is 4.38. The topological polar surface area (TPSA) is 61.9 Å². The highest BCUT2D eigenvalue weighted by Crippen LogP contribution is 2.32. The Hall–Kier alpha value is -2.63. The Kier molecular flexibility index (Phi) is 3.18. The minimum atomic E-state index is -0.339. The second-order valence-electron chi connectivity index (χ2n) is 6.03. The van der Waals surface area contributed by atoms with Crippen molar-refractivity contribution in [2.45, 2.75) is 19.4 Å². The van der Waals surface area contributed by atoms with Crippen LogP contribution in [0.4, 0.5) is 0 Å².